The van der Waals surface area contributed by atoms with Crippen LogP contribution in [0, 0.1) is 5.92 Å². The van der Waals surface area contributed by atoms with E-state index >= 15 is 0 Å². The SMILES string of the molecule is CCc1ccc(C2/C(=C(/O)c3ccc(OCC(C)C)cc3)C(=O)C(=O)N2C2CCCCC2)cc1. The Labute approximate surface area is 202 Å². The van der Waals surface area contributed by atoms with Gasteiger partial charge in [-0.3, -0.25) is 9.59 Å². The summed E-state index contributed by atoms with van der Waals surface area (Å²) in [6.07, 6.45) is 5.94. The molecule has 2 aromatic rings. The molecule has 1 unspecified atom stereocenters. The lowest BCUT2D eigenvalue weighted by Crippen LogP contribution is -2.40. The van der Waals surface area contributed by atoms with E-state index in [1.54, 1.807) is 29.2 Å². The van der Waals surface area contributed by atoms with Gasteiger partial charge in [0, 0.05) is 11.6 Å². The number of carbonyl (C=O) groups is 2. The van der Waals surface area contributed by atoms with Gasteiger partial charge in [-0.1, -0.05) is 64.3 Å². The summed E-state index contributed by atoms with van der Waals surface area (Å²) in [7, 11) is 0. The van der Waals surface area contributed by atoms with Gasteiger partial charge in [0.1, 0.15) is 11.5 Å². The average molecular weight is 462 g/mol. The summed E-state index contributed by atoms with van der Waals surface area (Å²) < 4.78 is 5.75. The van der Waals surface area contributed by atoms with E-state index in [1.165, 1.54) is 5.56 Å². The van der Waals surface area contributed by atoms with Gasteiger partial charge in [0.15, 0.2) is 0 Å². The molecule has 1 aliphatic carbocycles. The lowest BCUT2D eigenvalue weighted by Gasteiger charge is -2.35. The number of aliphatic hydroxyl groups excluding tert-OH is 1. The van der Waals surface area contributed by atoms with E-state index in [0.29, 0.717) is 23.8 Å². The second-order valence-electron chi connectivity index (χ2n) is 9.82. The normalized spacial score (nSPS) is 20.8. The fraction of sp³-hybridized carbons (Fsp3) is 0.448. The van der Waals surface area contributed by atoms with Crippen LogP contribution < -0.4 is 4.74 Å². The van der Waals surface area contributed by atoms with Gasteiger partial charge >= 0.3 is 0 Å². The van der Waals surface area contributed by atoms with Crippen molar-refractivity contribution < 1.29 is 19.4 Å². The highest BCUT2D eigenvalue weighted by Gasteiger charge is 2.48. The number of aliphatic hydroxyl groups is 1. The zero-order valence-electron chi connectivity index (χ0n) is 20.4. The van der Waals surface area contributed by atoms with Crippen molar-refractivity contribution in [3.05, 3.63) is 70.8 Å². The van der Waals surface area contributed by atoms with Crippen molar-refractivity contribution in [1.29, 1.82) is 0 Å². The molecule has 1 heterocycles. The standard InChI is InChI=1S/C29H35NO4/c1-4-20-10-12-21(13-11-20)26-25(28(32)29(33)30(26)23-8-6-5-7-9-23)27(31)22-14-16-24(17-15-22)34-18-19(2)3/h10-17,19,23,26,31H,4-9,18H2,1-3H3/b27-25-. The van der Waals surface area contributed by atoms with Gasteiger partial charge in [-0.05, 0) is 60.6 Å². The molecule has 4 rings (SSSR count). The monoisotopic (exact) mass is 461 g/mol. The van der Waals surface area contributed by atoms with Gasteiger partial charge in [-0.15, -0.1) is 0 Å². The molecule has 1 saturated carbocycles. The fourth-order valence-corrected chi connectivity index (χ4v) is 4.98. The Balaban J connectivity index is 1.75. The Morgan fingerprint density at radius 2 is 1.65 bits per heavy atom. The molecular formula is C29H35NO4. The summed E-state index contributed by atoms with van der Waals surface area (Å²) in [5.41, 5.74) is 2.74. The van der Waals surface area contributed by atoms with Crippen LogP contribution in [-0.4, -0.2) is 34.3 Å². The summed E-state index contributed by atoms with van der Waals surface area (Å²) in [5.74, 6) is -0.123. The number of aryl methyl sites for hydroxylation is 1. The summed E-state index contributed by atoms with van der Waals surface area (Å²) in [4.78, 5) is 28.3. The van der Waals surface area contributed by atoms with Gasteiger partial charge in [0.05, 0.1) is 18.2 Å². The first-order chi connectivity index (χ1) is 16.4. The minimum atomic E-state index is -0.604. The number of benzene rings is 2. The van der Waals surface area contributed by atoms with Crippen molar-refractivity contribution in [2.24, 2.45) is 5.92 Å². The third-order valence-electron chi connectivity index (χ3n) is 6.86. The molecule has 0 aromatic heterocycles. The van der Waals surface area contributed by atoms with Gasteiger partial charge in [-0.25, -0.2) is 0 Å². The van der Waals surface area contributed by atoms with Crippen molar-refractivity contribution in [2.45, 2.75) is 71.4 Å². The maximum Gasteiger partial charge on any atom is 0.295 e. The van der Waals surface area contributed by atoms with Crippen molar-refractivity contribution >= 4 is 17.4 Å². The molecule has 1 saturated heterocycles. The van der Waals surface area contributed by atoms with Crippen LogP contribution in [-0.2, 0) is 16.0 Å². The number of carbonyl (C=O) groups excluding carboxylic acids is 2. The molecule has 5 nitrogen and oxygen atoms in total. The number of ether oxygens (including phenoxy) is 1. The lowest BCUT2D eigenvalue weighted by molar-refractivity contribution is -0.141. The highest BCUT2D eigenvalue weighted by molar-refractivity contribution is 6.46. The number of nitrogens with zero attached hydrogens (tertiary/aromatic N) is 1. The van der Waals surface area contributed by atoms with Crippen LogP contribution in [0.5, 0.6) is 5.75 Å². The van der Waals surface area contributed by atoms with Crippen LogP contribution in [0.1, 0.15) is 75.6 Å². The number of ketones is 1. The Morgan fingerprint density at radius 1 is 1.00 bits per heavy atom. The van der Waals surface area contributed by atoms with Crippen LogP contribution in [0.4, 0.5) is 0 Å². The first-order valence-corrected chi connectivity index (χ1v) is 12.5. The molecule has 2 fully saturated rings. The Bertz CT molecular complexity index is 1050. The van der Waals surface area contributed by atoms with E-state index in [2.05, 4.69) is 20.8 Å². The fourth-order valence-electron chi connectivity index (χ4n) is 4.98. The van der Waals surface area contributed by atoms with E-state index in [9.17, 15) is 14.7 Å². The van der Waals surface area contributed by atoms with Crippen LogP contribution in [0.25, 0.3) is 5.76 Å². The number of Topliss-reactive ketones (excluding diaryl/α,β-unsaturated/α-hetero) is 1. The summed E-state index contributed by atoms with van der Waals surface area (Å²) in [6.45, 7) is 6.86. The van der Waals surface area contributed by atoms with Gasteiger partial charge in [-0.2, -0.15) is 0 Å². The summed E-state index contributed by atoms with van der Waals surface area (Å²) >= 11 is 0. The predicted octanol–water partition coefficient (Wildman–Crippen LogP) is 6.04. The van der Waals surface area contributed by atoms with Crippen LogP contribution in [0.15, 0.2) is 54.1 Å². The van der Waals surface area contributed by atoms with E-state index < -0.39 is 17.7 Å². The van der Waals surface area contributed by atoms with Gasteiger partial charge < -0.3 is 14.7 Å². The summed E-state index contributed by atoms with van der Waals surface area (Å²) in [5, 5.41) is 11.3. The molecule has 0 spiro atoms. The maximum absolute atomic E-state index is 13.3. The molecule has 180 valence electrons. The first kappa shape index (κ1) is 24.1. The van der Waals surface area contributed by atoms with E-state index in [0.717, 1.165) is 44.1 Å². The average Bonchev–Trinajstić information content (AvgIpc) is 3.13. The molecule has 0 radical (unpaired) electrons. The molecule has 2 aliphatic rings. The van der Waals surface area contributed by atoms with Crippen LogP contribution >= 0.6 is 0 Å². The van der Waals surface area contributed by atoms with Crippen molar-refractivity contribution in [2.75, 3.05) is 6.61 Å². The molecular weight excluding hydrogens is 426 g/mol. The number of likely N-dealkylation sites (tertiary alicyclic amines) is 1. The van der Waals surface area contributed by atoms with Crippen LogP contribution in [0.3, 0.4) is 0 Å². The van der Waals surface area contributed by atoms with Crippen molar-refractivity contribution in [3.63, 3.8) is 0 Å². The zero-order valence-corrected chi connectivity index (χ0v) is 20.4. The van der Waals surface area contributed by atoms with Gasteiger partial charge in [0.2, 0.25) is 0 Å². The molecule has 34 heavy (non-hydrogen) atoms. The van der Waals surface area contributed by atoms with Crippen molar-refractivity contribution in [3.8, 4) is 5.75 Å². The molecule has 0 bridgehead atoms. The topological polar surface area (TPSA) is 66.8 Å². The lowest BCUT2D eigenvalue weighted by atomic mass is 9.90. The van der Waals surface area contributed by atoms with E-state index in [1.807, 2.05) is 24.3 Å². The van der Waals surface area contributed by atoms with E-state index in [4.69, 9.17) is 4.74 Å². The highest BCUT2D eigenvalue weighted by Crippen LogP contribution is 2.43. The Hall–Kier alpha value is -3.08. The largest absolute Gasteiger partial charge is 0.507 e. The smallest absolute Gasteiger partial charge is 0.295 e. The number of hydrogen-bond donors (Lipinski definition) is 1. The molecule has 1 atom stereocenters. The minimum Gasteiger partial charge on any atom is -0.507 e. The second-order valence-corrected chi connectivity index (χ2v) is 9.82. The molecule has 5 heteroatoms. The third-order valence-corrected chi connectivity index (χ3v) is 6.86. The second kappa shape index (κ2) is 10.5. The van der Waals surface area contributed by atoms with E-state index in [-0.39, 0.29) is 17.4 Å². The number of hydrogen-bond acceptors (Lipinski definition) is 4. The Morgan fingerprint density at radius 3 is 2.24 bits per heavy atom. The minimum absolute atomic E-state index is 0.0122. The molecule has 1 amide bonds. The first-order valence-electron chi connectivity index (χ1n) is 12.5. The third kappa shape index (κ3) is 4.89. The molecule has 1 aliphatic heterocycles. The maximum atomic E-state index is 13.3. The predicted molar refractivity (Wildman–Crippen MR) is 134 cm³/mol. The highest BCUT2D eigenvalue weighted by atomic mass is 16.5. The number of amides is 1. The summed E-state index contributed by atoms with van der Waals surface area (Å²) in [6, 6.07) is 14.6. The molecule has 2 aromatic carbocycles. The van der Waals surface area contributed by atoms with Crippen molar-refractivity contribution in [1.82, 2.24) is 4.90 Å². The Kier molecular flexibility index (Phi) is 7.40. The number of rotatable bonds is 7. The molecule has 1 N–H and O–H groups in total. The van der Waals surface area contributed by atoms with Gasteiger partial charge in [0.25, 0.3) is 11.7 Å². The van der Waals surface area contributed by atoms with Crippen LogP contribution in [0.2, 0.25) is 0 Å². The zero-order chi connectivity index (χ0) is 24.2. The quantitative estimate of drug-likeness (QED) is 0.310.